The molecule has 2 amide bonds. The zero-order valence-electron chi connectivity index (χ0n) is 27.5. The molecule has 4 atom stereocenters. The van der Waals surface area contributed by atoms with Crippen molar-refractivity contribution in [2.75, 3.05) is 12.3 Å². The molecule has 252 valence electrons. The van der Waals surface area contributed by atoms with E-state index in [2.05, 4.69) is 51.8 Å². The van der Waals surface area contributed by atoms with Crippen molar-refractivity contribution in [1.82, 2.24) is 20.6 Å². The van der Waals surface area contributed by atoms with Gasteiger partial charge in [0.15, 0.2) is 11.4 Å². The first-order chi connectivity index (χ1) is 23.4. The maximum Gasteiger partial charge on any atom is 0.220 e. The lowest BCUT2D eigenvalue weighted by molar-refractivity contribution is -0.268. The van der Waals surface area contributed by atoms with E-state index in [9.17, 15) is 14.7 Å². The smallest absolute Gasteiger partial charge is 0.220 e. The molecule has 10 heteroatoms. The second kappa shape index (κ2) is 17.9. The lowest BCUT2D eigenvalue weighted by Crippen LogP contribution is -2.38. The second-order valence-corrected chi connectivity index (χ2v) is 13.0. The van der Waals surface area contributed by atoms with Gasteiger partial charge in [-0.2, -0.15) is 0 Å². The van der Waals surface area contributed by atoms with Gasteiger partial charge >= 0.3 is 0 Å². The van der Waals surface area contributed by atoms with E-state index in [0.717, 1.165) is 52.6 Å². The number of rotatable bonds is 15. The highest BCUT2D eigenvalue weighted by molar-refractivity contribution is 7.99. The Morgan fingerprint density at radius 3 is 2.33 bits per heavy atom. The summed E-state index contributed by atoms with van der Waals surface area (Å²) in [6.07, 6.45) is 5.56. The van der Waals surface area contributed by atoms with E-state index in [4.69, 9.17) is 9.47 Å². The minimum absolute atomic E-state index is 0.00801. The monoisotopic (exact) mass is 668 g/mol. The molecule has 0 bridgehead atoms. The number of amides is 2. The molecule has 3 N–H and O–H groups in total. The average Bonchev–Trinajstić information content (AvgIpc) is 3.12. The molecule has 0 saturated carbocycles. The standard InChI is InChI=1S/C38H44N4O5S/c1-26-34(25-48-38-40-19-8-20-41-38)46-37(47-36(26)30-16-14-28(24-43)15-17-30)33-12-7-11-32(22-33)31-10-6-9-29(21-31)23-42-35(45)13-4-3-5-18-39-27(2)44/h6-12,14-17,19-22,26,34,36-37,43H,3-5,13,18,23-25H2,1-2H3,(H,39,44)(H,42,45)/t26-,34+,36+,37+/m1/s1. The van der Waals surface area contributed by atoms with Crippen molar-refractivity contribution in [3.63, 3.8) is 0 Å². The lowest BCUT2D eigenvalue weighted by Gasteiger charge is -2.41. The summed E-state index contributed by atoms with van der Waals surface area (Å²) in [5, 5.41) is 16.1. The van der Waals surface area contributed by atoms with Gasteiger partial charge in [0.2, 0.25) is 11.8 Å². The summed E-state index contributed by atoms with van der Waals surface area (Å²) in [5.74, 6) is 0.715. The van der Waals surface area contributed by atoms with E-state index in [1.54, 1.807) is 30.2 Å². The SMILES string of the molecule is CC(=O)NCCCCCC(=O)NCc1cccc(-c2cccc([C@H]3O[C@@H](CSc4ncccn4)[C@@H](C)[C@@H](c4ccc(CO)cc4)O3)c2)c1. The molecular formula is C38H44N4O5S. The maximum atomic E-state index is 12.4. The van der Waals surface area contributed by atoms with Crippen LogP contribution in [0.4, 0.5) is 0 Å². The van der Waals surface area contributed by atoms with Crippen molar-refractivity contribution in [2.45, 2.75) is 76.3 Å². The quantitative estimate of drug-likeness (QED) is 0.0743. The Morgan fingerprint density at radius 2 is 1.58 bits per heavy atom. The maximum absolute atomic E-state index is 12.4. The molecule has 9 nitrogen and oxygen atoms in total. The predicted molar refractivity (Wildman–Crippen MR) is 187 cm³/mol. The number of nitrogens with one attached hydrogen (secondary N) is 2. The van der Waals surface area contributed by atoms with E-state index < -0.39 is 6.29 Å². The van der Waals surface area contributed by atoms with Crippen molar-refractivity contribution in [2.24, 2.45) is 5.92 Å². The van der Waals surface area contributed by atoms with Crippen LogP contribution in [0.25, 0.3) is 11.1 Å². The third kappa shape index (κ3) is 10.2. The fourth-order valence-electron chi connectivity index (χ4n) is 5.69. The number of hydrogen-bond donors (Lipinski definition) is 3. The van der Waals surface area contributed by atoms with Crippen molar-refractivity contribution in [3.8, 4) is 11.1 Å². The van der Waals surface area contributed by atoms with Gasteiger partial charge in [-0.1, -0.05) is 85.8 Å². The van der Waals surface area contributed by atoms with Crippen LogP contribution in [-0.2, 0) is 32.2 Å². The molecule has 0 spiro atoms. The predicted octanol–water partition coefficient (Wildman–Crippen LogP) is 6.53. The number of benzene rings is 3. The van der Waals surface area contributed by atoms with Gasteiger partial charge in [0.05, 0.1) is 18.8 Å². The Balaban J connectivity index is 1.26. The van der Waals surface area contributed by atoms with Crippen LogP contribution in [0, 0.1) is 5.92 Å². The number of unbranched alkanes of at least 4 members (excludes halogenated alkanes) is 2. The van der Waals surface area contributed by atoms with E-state index in [0.29, 0.717) is 30.4 Å². The fraction of sp³-hybridized carbons (Fsp3) is 0.368. The Morgan fingerprint density at radius 1 is 0.833 bits per heavy atom. The second-order valence-electron chi connectivity index (χ2n) is 12.1. The Bertz CT molecular complexity index is 1620. The number of hydrogen-bond acceptors (Lipinski definition) is 8. The van der Waals surface area contributed by atoms with Gasteiger partial charge in [0, 0.05) is 56.1 Å². The first-order valence-electron chi connectivity index (χ1n) is 16.5. The van der Waals surface area contributed by atoms with Crippen LogP contribution in [-0.4, -0.2) is 45.3 Å². The van der Waals surface area contributed by atoms with Gasteiger partial charge in [-0.15, -0.1) is 0 Å². The third-order valence-electron chi connectivity index (χ3n) is 8.41. The summed E-state index contributed by atoms with van der Waals surface area (Å²) >= 11 is 1.57. The van der Waals surface area contributed by atoms with Gasteiger partial charge in [0.25, 0.3) is 0 Å². The Kier molecular flexibility index (Phi) is 13.1. The van der Waals surface area contributed by atoms with Gasteiger partial charge in [0.1, 0.15) is 0 Å². The van der Waals surface area contributed by atoms with Crippen LogP contribution in [0.5, 0.6) is 0 Å². The molecule has 1 saturated heterocycles. The fourth-order valence-corrected chi connectivity index (χ4v) is 6.66. The number of thioether (sulfide) groups is 1. The molecular weight excluding hydrogens is 625 g/mol. The summed E-state index contributed by atoms with van der Waals surface area (Å²) in [7, 11) is 0. The molecule has 1 aliphatic rings. The molecule has 0 aliphatic carbocycles. The summed E-state index contributed by atoms with van der Waals surface area (Å²) in [6.45, 7) is 4.74. The van der Waals surface area contributed by atoms with Gasteiger partial charge in [-0.3, -0.25) is 9.59 Å². The number of carbonyl (C=O) groups excluding carboxylic acids is 2. The minimum Gasteiger partial charge on any atom is -0.392 e. The number of nitrogens with zero attached hydrogens (tertiary/aromatic N) is 2. The summed E-state index contributed by atoms with van der Waals surface area (Å²) in [5.41, 5.74) is 5.89. The van der Waals surface area contributed by atoms with E-state index in [1.165, 1.54) is 6.92 Å². The van der Waals surface area contributed by atoms with Gasteiger partial charge in [-0.05, 0) is 58.9 Å². The highest BCUT2D eigenvalue weighted by Gasteiger charge is 2.38. The summed E-state index contributed by atoms with van der Waals surface area (Å²) in [6, 6.07) is 26.1. The number of aliphatic hydroxyl groups excluding tert-OH is 1. The van der Waals surface area contributed by atoms with Crippen LogP contribution in [0.15, 0.2) is 96.4 Å². The van der Waals surface area contributed by atoms with Crippen molar-refractivity contribution < 1.29 is 24.2 Å². The van der Waals surface area contributed by atoms with Crippen LogP contribution in [0.3, 0.4) is 0 Å². The molecule has 1 aromatic heterocycles. The van der Waals surface area contributed by atoms with Crippen LogP contribution in [0.2, 0.25) is 0 Å². The van der Waals surface area contributed by atoms with Gasteiger partial charge < -0.3 is 25.2 Å². The number of aliphatic hydroxyl groups is 1. The number of aromatic nitrogens is 2. The first kappa shape index (κ1) is 35.2. The van der Waals surface area contributed by atoms with Crippen molar-refractivity contribution >= 4 is 23.6 Å². The Labute approximate surface area is 286 Å². The van der Waals surface area contributed by atoms with Crippen LogP contribution >= 0.6 is 11.8 Å². The molecule has 5 rings (SSSR count). The molecule has 4 aromatic rings. The molecule has 1 aliphatic heterocycles. The Hall–Kier alpha value is -4.09. The topological polar surface area (TPSA) is 123 Å². The van der Waals surface area contributed by atoms with Crippen LogP contribution in [0.1, 0.15) is 74.2 Å². The zero-order chi connectivity index (χ0) is 33.7. The summed E-state index contributed by atoms with van der Waals surface area (Å²) in [4.78, 5) is 32.2. The van der Waals surface area contributed by atoms with E-state index in [-0.39, 0.29) is 36.5 Å². The molecule has 3 aromatic carbocycles. The zero-order valence-corrected chi connectivity index (χ0v) is 28.3. The highest BCUT2D eigenvalue weighted by atomic mass is 32.2. The summed E-state index contributed by atoms with van der Waals surface area (Å²) < 4.78 is 13.3. The number of ether oxygens (including phenoxy) is 2. The normalized spacial score (nSPS) is 19.1. The molecule has 2 heterocycles. The highest BCUT2D eigenvalue weighted by Crippen LogP contribution is 2.43. The van der Waals surface area contributed by atoms with Gasteiger partial charge in [-0.25, -0.2) is 9.97 Å². The van der Waals surface area contributed by atoms with Crippen LogP contribution < -0.4 is 10.6 Å². The average molecular weight is 669 g/mol. The van der Waals surface area contributed by atoms with Crippen molar-refractivity contribution in [1.29, 1.82) is 0 Å². The van der Waals surface area contributed by atoms with E-state index >= 15 is 0 Å². The molecule has 0 radical (unpaired) electrons. The largest absolute Gasteiger partial charge is 0.392 e. The molecule has 0 unspecified atom stereocenters. The number of carbonyl (C=O) groups is 2. The third-order valence-corrected chi connectivity index (χ3v) is 9.37. The molecule has 48 heavy (non-hydrogen) atoms. The first-order valence-corrected chi connectivity index (χ1v) is 17.5. The minimum atomic E-state index is -0.591. The lowest BCUT2D eigenvalue weighted by atomic mass is 9.91. The molecule has 1 fully saturated rings. The van der Waals surface area contributed by atoms with Crippen molar-refractivity contribution in [3.05, 3.63) is 114 Å². The van der Waals surface area contributed by atoms with E-state index in [1.807, 2.05) is 48.5 Å².